The van der Waals surface area contributed by atoms with E-state index in [4.69, 9.17) is 5.11 Å². The van der Waals surface area contributed by atoms with Crippen molar-refractivity contribution in [1.82, 2.24) is 19.5 Å². The molecule has 0 bridgehead atoms. The lowest BCUT2D eigenvalue weighted by Gasteiger charge is -2.08. The Kier molecular flexibility index (Phi) is 4.02. The molecule has 0 aliphatic rings. The van der Waals surface area contributed by atoms with Crippen molar-refractivity contribution < 1.29 is 19.8 Å². The largest absolute Gasteiger partial charge is 0.504 e. The quantitative estimate of drug-likeness (QED) is 0.414. The molecule has 0 saturated carbocycles. The summed E-state index contributed by atoms with van der Waals surface area (Å²) in [5, 5.41) is 18.8. The predicted octanol–water partition coefficient (Wildman–Crippen LogP) is 1.43. The van der Waals surface area contributed by atoms with Crippen molar-refractivity contribution in [3.63, 3.8) is 0 Å². The zero-order valence-corrected chi connectivity index (χ0v) is 12.3. The number of aliphatic carboxylic acids is 1. The molecule has 3 aromatic rings. The molecule has 0 amide bonds. The third-order valence-corrected chi connectivity index (χ3v) is 3.30. The molecule has 24 heavy (non-hydrogen) atoms. The average Bonchev–Trinajstić information content (AvgIpc) is 2.94. The molecule has 2 N–H and O–H groups in total. The number of carbonyl (C=O) groups excluding carboxylic acids is 1. The molecule has 3 rings (SSSR count). The van der Waals surface area contributed by atoms with E-state index in [1.807, 2.05) is 30.3 Å². The molecule has 0 radical (unpaired) electrons. The monoisotopic (exact) mass is 324 g/mol. The smallest absolute Gasteiger partial charge is 0.376 e. The summed E-state index contributed by atoms with van der Waals surface area (Å²) in [5.74, 6) is -3.40. The first-order chi connectivity index (χ1) is 11.6. The third-order valence-electron chi connectivity index (χ3n) is 3.30. The molecule has 8 nitrogen and oxygen atoms in total. The van der Waals surface area contributed by atoms with Gasteiger partial charge in [-0.15, -0.1) is 0 Å². The topological polar surface area (TPSA) is 118 Å². The number of carbonyl (C=O) groups is 2. The van der Waals surface area contributed by atoms with Gasteiger partial charge in [0, 0.05) is 6.08 Å². The first-order valence-electron chi connectivity index (χ1n) is 6.94. The van der Waals surface area contributed by atoms with Gasteiger partial charge in [0.05, 0.1) is 12.7 Å². The van der Waals surface area contributed by atoms with Crippen LogP contribution >= 0.6 is 0 Å². The first-order valence-corrected chi connectivity index (χ1v) is 6.94. The minimum Gasteiger partial charge on any atom is -0.504 e. The molecule has 2 aromatic heterocycles. The van der Waals surface area contributed by atoms with Gasteiger partial charge in [-0.1, -0.05) is 30.3 Å². The Morgan fingerprint density at radius 2 is 1.92 bits per heavy atom. The van der Waals surface area contributed by atoms with E-state index in [0.29, 0.717) is 23.8 Å². The van der Waals surface area contributed by atoms with Crippen molar-refractivity contribution >= 4 is 28.7 Å². The van der Waals surface area contributed by atoms with Gasteiger partial charge < -0.3 is 14.8 Å². The van der Waals surface area contributed by atoms with Crippen molar-refractivity contribution in [2.45, 2.75) is 6.54 Å². The summed E-state index contributed by atoms with van der Waals surface area (Å²) < 4.78 is 1.59. The molecule has 1 aromatic carbocycles. The predicted molar refractivity (Wildman–Crippen MR) is 84.1 cm³/mol. The maximum Gasteiger partial charge on any atom is 0.376 e. The van der Waals surface area contributed by atoms with Gasteiger partial charge in [0.15, 0.2) is 17.2 Å². The standard InChI is InChI=1S/C16H12N4O4/c21-12(6-13(22)16(23)24)15-19-11-7-17-9-18-14(11)20(15)8-10-4-2-1-3-5-10/h1-7,9,21H,8H2,(H,23,24)/b12-6-. The molecule has 8 heteroatoms. The molecule has 0 unspecified atom stereocenters. The molecule has 0 fully saturated rings. The summed E-state index contributed by atoms with van der Waals surface area (Å²) in [4.78, 5) is 34.2. The van der Waals surface area contributed by atoms with Crippen molar-refractivity contribution in [2.24, 2.45) is 0 Å². The van der Waals surface area contributed by atoms with Crippen molar-refractivity contribution in [1.29, 1.82) is 0 Å². The number of benzene rings is 1. The number of rotatable bonds is 5. The second kappa shape index (κ2) is 6.29. The van der Waals surface area contributed by atoms with E-state index < -0.39 is 17.5 Å². The molecular formula is C16H12N4O4. The Morgan fingerprint density at radius 1 is 1.17 bits per heavy atom. The van der Waals surface area contributed by atoms with Crippen LogP contribution in [0.2, 0.25) is 0 Å². The molecule has 0 spiro atoms. The zero-order valence-electron chi connectivity index (χ0n) is 12.3. The van der Waals surface area contributed by atoms with Crippen LogP contribution in [-0.2, 0) is 16.1 Å². The van der Waals surface area contributed by atoms with Crippen molar-refractivity contribution in [2.75, 3.05) is 0 Å². The van der Waals surface area contributed by atoms with E-state index in [9.17, 15) is 14.7 Å². The summed E-state index contributed by atoms with van der Waals surface area (Å²) >= 11 is 0. The van der Waals surface area contributed by atoms with Crippen LogP contribution in [-0.4, -0.2) is 41.5 Å². The lowest BCUT2D eigenvalue weighted by molar-refractivity contribution is -0.146. The normalized spacial score (nSPS) is 11.6. The zero-order chi connectivity index (χ0) is 17.1. The summed E-state index contributed by atoms with van der Waals surface area (Å²) in [6, 6.07) is 9.39. The maximum atomic E-state index is 11.3. The number of hydrogen-bond donors (Lipinski definition) is 2. The molecule has 120 valence electrons. The Morgan fingerprint density at radius 3 is 2.62 bits per heavy atom. The van der Waals surface area contributed by atoms with Crippen molar-refractivity contribution in [3.05, 3.63) is 60.3 Å². The number of fused-ring (bicyclic) bond motifs is 1. The Balaban J connectivity index is 2.12. The third kappa shape index (κ3) is 2.98. The summed E-state index contributed by atoms with van der Waals surface area (Å²) in [6.45, 7) is 0.336. The number of hydrogen-bond acceptors (Lipinski definition) is 6. The average molecular weight is 324 g/mol. The van der Waals surface area contributed by atoms with E-state index in [1.54, 1.807) is 4.57 Å². The molecule has 2 heterocycles. The summed E-state index contributed by atoms with van der Waals surface area (Å²) in [7, 11) is 0. The number of aliphatic hydroxyl groups is 1. The number of ketones is 1. The lowest BCUT2D eigenvalue weighted by atomic mass is 10.2. The fourth-order valence-electron chi connectivity index (χ4n) is 2.24. The Hall–Kier alpha value is -3.55. The van der Waals surface area contributed by atoms with Crippen LogP contribution in [0.5, 0.6) is 0 Å². The van der Waals surface area contributed by atoms with E-state index in [-0.39, 0.29) is 5.82 Å². The number of nitrogens with zero attached hydrogens (tertiary/aromatic N) is 4. The van der Waals surface area contributed by atoms with Crippen molar-refractivity contribution in [3.8, 4) is 0 Å². The van der Waals surface area contributed by atoms with Crippen LogP contribution in [0.25, 0.3) is 16.9 Å². The van der Waals surface area contributed by atoms with Gasteiger partial charge in [-0.3, -0.25) is 4.79 Å². The summed E-state index contributed by atoms with van der Waals surface area (Å²) in [6.07, 6.45) is 3.44. The van der Waals surface area contributed by atoms with Crippen LogP contribution in [0.15, 0.2) is 48.9 Å². The van der Waals surface area contributed by atoms with Gasteiger partial charge in [-0.25, -0.2) is 19.7 Å². The number of carboxylic acid groups (broad SMARTS) is 1. The number of carboxylic acids is 1. The number of imidazole rings is 1. The van der Waals surface area contributed by atoms with Gasteiger partial charge in [-0.05, 0) is 5.56 Å². The van der Waals surface area contributed by atoms with Gasteiger partial charge in [0.2, 0.25) is 0 Å². The van der Waals surface area contributed by atoms with Gasteiger partial charge >= 0.3 is 5.97 Å². The highest BCUT2D eigenvalue weighted by atomic mass is 16.4. The van der Waals surface area contributed by atoms with Gasteiger partial charge in [0.1, 0.15) is 11.8 Å². The van der Waals surface area contributed by atoms with Crippen LogP contribution in [0.1, 0.15) is 11.4 Å². The Labute approximate surface area is 135 Å². The van der Waals surface area contributed by atoms with E-state index in [1.165, 1.54) is 12.5 Å². The minimum atomic E-state index is -1.66. The van der Waals surface area contributed by atoms with Gasteiger partial charge in [0.25, 0.3) is 5.78 Å². The molecule has 0 saturated heterocycles. The van der Waals surface area contributed by atoms with Crippen LogP contribution < -0.4 is 0 Å². The maximum absolute atomic E-state index is 11.3. The van der Waals surface area contributed by atoms with Crippen LogP contribution in [0, 0.1) is 0 Å². The number of aromatic nitrogens is 4. The molecular weight excluding hydrogens is 312 g/mol. The van der Waals surface area contributed by atoms with E-state index in [2.05, 4.69) is 15.0 Å². The van der Waals surface area contributed by atoms with E-state index >= 15 is 0 Å². The fraction of sp³-hybridized carbons (Fsp3) is 0.0625. The highest BCUT2D eigenvalue weighted by Crippen LogP contribution is 2.19. The molecule has 0 atom stereocenters. The summed E-state index contributed by atoms with van der Waals surface area (Å²) in [5.41, 5.74) is 1.81. The first kappa shape index (κ1) is 15.3. The fourth-order valence-corrected chi connectivity index (χ4v) is 2.24. The highest BCUT2D eigenvalue weighted by Gasteiger charge is 2.18. The minimum absolute atomic E-state index is 0.0453. The Bertz CT molecular complexity index is 947. The van der Waals surface area contributed by atoms with Gasteiger partial charge in [-0.2, -0.15) is 0 Å². The molecule has 0 aliphatic carbocycles. The molecule has 0 aliphatic heterocycles. The van der Waals surface area contributed by atoms with Crippen LogP contribution in [0.3, 0.4) is 0 Å². The lowest BCUT2D eigenvalue weighted by Crippen LogP contribution is -2.11. The van der Waals surface area contributed by atoms with Crippen LogP contribution in [0.4, 0.5) is 0 Å². The SMILES string of the molecule is O=C(O)C(=O)/C=C(\O)c1nc2cncnc2n1Cc1ccccc1. The number of aliphatic hydroxyl groups excluding tert-OH is 1. The second-order valence-corrected chi connectivity index (χ2v) is 4.94. The second-order valence-electron chi connectivity index (χ2n) is 4.94. The highest BCUT2D eigenvalue weighted by molar-refractivity contribution is 6.38. The van der Waals surface area contributed by atoms with E-state index in [0.717, 1.165) is 5.56 Å².